The fourth-order valence-corrected chi connectivity index (χ4v) is 5.81. The lowest BCUT2D eigenvalue weighted by Crippen LogP contribution is -2.57. The third-order valence-corrected chi connectivity index (χ3v) is 7.45. The van der Waals surface area contributed by atoms with Crippen molar-refractivity contribution in [1.29, 1.82) is 0 Å². The normalized spacial score (nSPS) is 29.9. The van der Waals surface area contributed by atoms with E-state index in [-0.39, 0.29) is 11.8 Å². The first-order valence-electron chi connectivity index (χ1n) is 12.0. The predicted molar refractivity (Wildman–Crippen MR) is 121 cm³/mol. The Balaban J connectivity index is 1.21. The first-order valence-corrected chi connectivity index (χ1v) is 12.0. The molecule has 4 saturated heterocycles. The number of rotatable bonds is 3. The second-order valence-electron chi connectivity index (χ2n) is 10.0. The number of hydrogen-bond donors (Lipinski definition) is 0. The van der Waals surface area contributed by atoms with Gasteiger partial charge < -0.3 is 9.80 Å². The summed E-state index contributed by atoms with van der Waals surface area (Å²) in [5.74, 6) is 11.5. The average Bonchev–Trinajstić information content (AvgIpc) is 3.41. The Morgan fingerprint density at radius 1 is 0.774 bits per heavy atom. The molecule has 4 heterocycles. The fraction of sp³-hybridized carbons (Fsp3) is 0.760. The second-order valence-corrected chi connectivity index (χ2v) is 10.0. The Bertz CT molecular complexity index is 816. The highest BCUT2D eigenvalue weighted by molar-refractivity contribution is 5.94. The van der Waals surface area contributed by atoms with Gasteiger partial charge >= 0.3 is 0 Å². The van der Waals surface area contributed by atoms with E-state index < -0.39 is 0 Å². The van der Waals surface area contributed by atoms with Crippen LogP contribution >= 0.6 is 0 Å². The molecular formula is C25H36N4O2. The van der Waals surface area contributed by atoms with E-state index in [0.717, 1.165) is 45.4 Å². The first-order chi connectivity index (χ1) is 14.8. The van der Waals surface area contributed by atoms with Gasteiger partial charge in [-0.15, -0.1) is 0 Å². The summed E-state index contributed by atoms with van der Waals surface area (Å²) in [5, 5.41) is 0. The Hall–Kier alpha value is -2.02. The number of carbonyl (C=O) groups is 2. The van der Waals surface area contributed by atoms with Gasteiger partial charge in [0.15, 0.2) is 0 Å². The summed E-state index contributed by atoms with van der Waals surface area (Å²) >= 11 is 0. The molecule has 4 rings (SSSR count). The topological polar surface area (TPSA) is 47.1 Å². The summed E-state index contributed by atoms with van der Waals surface area (Å²) in [5.41, 5.74) is 0. The molecule has 0 spiro atoms. The van der Waals surface area contributed by atoms with E-state index in [1.807, 2.05) is 9.80 Å². The molecule has 0 radical (unpaired) electrons. The molecule has 0 unspecified atom stereocenters. The van der Waals surface area contributed by atoms with E-state index in [1.165, 1.54) is 0 Å². The van der Waals surface area contributed by atoms with Crippen molar-refractivity contribution < 1.29 is 9.59 Å². The average molecular weight is 425 g/mol. The van der Waals surface area contributed by atoms with Crippen molar-refractivity contribution in [1.82, 2.24) is 19.6 Å². The summed E-state index contributed by atoms with van der Waals surface area (Å²) in [6, 6.07) is 2.49. The van der Waals surface area contributed by atoms with Crippen LogP contribution in [-0.4, -0.2) is 93.8 Å². The number of carbonyl (C=O) groups excluding carboxylic acids is 2. The van der Waals surface area contributed by atoms with Crippen molar-refractivity contribution in [2.24, 2.45) is 0 Å². The number of amides is 2. The van der Waals surface area contributed by atoms with Gasteiger partial charge in [0.25, 0.3) is 11.8 Å². The summed E-state index contributed by atoms with van der Waals surface area (Å²) in [4.78, 5) is 34.0. The molecule has 0 N–H and O–H groups in total. The number of hydrogen-bond acceptors (Lipinski definition) is 4. The lowest BCUT2D eigenvalue weighted by Gasteiger charge is -2.42. The monoisotopic (exact) mass is 424 g/mol. The van der Waals surface area contributed by atoms with E-state index >= 15 is 0 Å². The van der Waals surface area contributed by atoms with E-state index in [1.54, 1.807) is 0 Å². The van der Waals surface area contributed by atoms with Crippen LogP contribution in [0.4, 0.5) is 0 Å². The number of likely N-dealkylation sites (tertiary alicyclic amines) is 3. The van der Waals surface area contributed by atoms with Gasteiger partial charge in [-0.3, -0.25) is 19.4 Å². The van der Waals surface area contributed by atoms with E-state index in [4.69, 9.17) is 0 Å². The van der Waals surface area contributed by atoms with Crippen LogP contribution in [-0.2, 0) is 9.59 Å². The Morgan fingerprint density at radius 2 is 1.39 bits per heavy atom. The molecular weight excluding hydrogens is 388 g/mol. The van der Waals surface area contributed by atoms with Gasteiger partial charge in [0.2, 0.25) is 0 Å². The van der Waals surface area contributed by atoms with Crippen LogP contribution in [0.5, 0.6) is 0 Å². The highest BCUT2D eigenvalue weighted by atomic mass is 16.2. The molecule has 4 fully saturated rings. The van der Waals surface area contributed by atoms with Crippen molar-refractivity contribution >= 4 is 11.8 Å². The standard InChI is InChI=1S/C25H36N4O2/c1-18(2)26-14-20-11-12-21(15-26)29(20)25(31)10-8-6-5-7-9-24(30)28-17-22-13-23(28)16-27(22)19(3)4/h18-23H,5-6,11-17H2,1-4H3/t20-,21+,22-,23-/m0/s1. The molecule has 4 bridgehead atoms. The van der Waals surface area contributed by atoms with Gasteiger partial charge in [0, 0.05) is 75.3 Å². The number of fused-ring (bicyclic) bond motifs is 4. The maximum absolute atomic E-state index is 12.6. The minimum absolute atomic E-state index is 0.0391. The van der Waals surface area contributed by atoms with Crippen LogP contribution in [0.3, 0.4) is 0 Å². The third-order valence-electron chi connectivity index (χ3n) is 7.45. The number of nitrogens with zero attached hydrogens (tertiary/aromatic N) is 4. The predicted octanol–water partition coefficient (Wildman–Crippen LogP) is 1.55. The summed E-state index contributed by atoms with van der Waals surface area (Å²) in [6.07, 6.45) is 4.30. The smallest absolute Gasteiger partial charge is 0.299 e. The Kier molecular flexibility index (Phi) is 6.60. The Morgan fingerprint density at radius 3 is 1.90 bits per heavy atom. The van der Waals surface area contributed by atoms with Crippen molar-refractivity contribution in [2.45, 2.75) is 96.1 Å². The Labute approximate surface area is 187 Å². The molecule has 2 amide bonds. The van der Waals surface area contributed by atoms with Crippen molar-refractivity contribution in [3.05, 3.63) is 0 Å². The van der Waals surface area contributed by atoms with Crippen LogP contribution in [0.2, 0.25) is 0 Å². The van der Waals surface area contributed by atoms with Crippen LogP contribution in [0, 0.1) is 23.7 Å². The zero-order chi connectivity index (χ0) is 22.1. The fourth-order valence-electron chi connectivity index (χ4n) is 5.81. The lowest BCUT2D eigenvalue weighted by molar-refractivity contribution is -0.131. The molecule has 0 aromatic heterocycles. The lowest BCUT2D eigenvalue weighted by atomic mass is 10.1. The third kappa shape index (κ3) is 4.61. The molecule has 0 aliphatic carbocycles. The van der Waals surface area contributed by atoms with Gasteiger partial charge in [-0.05, 0) is 58.8 Å². The van der Waals surface area contributed by atoms with Gasteiger partial charge in [-0.2, -0.15) is 0 Å². The summed E-state index contributed by atoms with van der Waals surface area (Å²) in [7, 11) is 0. The van der Waals surface area contributed by atoms with Crippen LogP contribution < -0.4 is 0 Å². The maximum atomic E-state index is 12.6. The summed E-state index contributed by atoms with van der Waals surface area (Å²) in [6.45, 7) is 12.6. The van der Waals surface area contributed by atoms with Crippen molar-refractivity contribution in [3.8, 4) is 23.7 Å². The highest BCUT2D eigenvalue weighted by Crippen LogP contribution is 2.32. The number of piperazine rings is 2. The van der Waals surface area contributed by atoms with Gasteiger partial charge in [0.05, 0.1) is 0 Å². The van der Waals surface area contributed by atoms with Crippen LogP contribution in [0.25, 0.3) is 0 Å². The molecule has 6 nitrogen and oxygen atoms in total. The van der Waals surface area contributed by atoms with Gasteiger partial charge in [-0.25, -0.2) is 0 Å². The van der Waals surface area contributed by atoms with Gasteiger partial charge in [0.1, 0.15) is 0 Å². The zero-order valence-electron chi connectivity index (χ0n) is 19.4. The minimum Gasteiger partial charge on any atom is -0.326 e. The van der Waals surface area contributed by atoms with E-state index in [9.17, 15) is 9.59 Å². The molecule has 31 heavy (non-hydrogen) atoms. The van der Waals surface area contributed by atoms with Crippen LogP contribution in [0.15, 0.2) is 0 Å². The van der Waals surface area contributed by atoms with Crippen molar-refractivity contribution in [3.63, 3.8) is 0 Å². The van der Waals surface area contributed by atoms with Crippen LogP contribution in [0.1, 0.15) is 59.8 Å². The van der Waals surface area contributed by atoms with Crippen molar-refractivity contribution in [2.75, 3.05) is 26.2 Å². The SMILES string of the molecule is CC(C)N1C[C@H]2CC[C@@H](C1)N2C(=O)C#CCCC#CC(=O)N1C[C@@H]2C[C@H]1CN2C(C)C. The quantitative estimate of drug-likeness (QED) is 0.510. The molecule has 6 heteroatoms. The molecule has 168 valence electrons. The van der Waals surface area contributed by atoms with Gasteiger partial charge in [-0.1, -0.05) is 11.8 Å². The number of unbranched alkanes of at least 4 members (excludes halogenated alkanes) is 1. The molecule has 0 aromatic rings. The maximum Gasteiger partial charge on any atom is 0.299 e. The summed E-state index contributed by atoms with van der Waals surface area (Å²) < 4.78 is 0. The molecule has 4 aliphatic rings. The molecule has 0 aromatic carbocycles. The largest absolute Gasteiger partial charge is 0.326 e. The molecule has 4 aliphatic heterocycles. The highest BCUT2D eigenvalue weighted by Gasteiger charge is 2.45. The zero-order valence-corrected chi connectivity index (χ0v) is 19.4. The van der Waals surface area contributed by atoms with E-state index in [2.05, 4.69) is 61.2 Å². The minimum atomic E-state index is -0.0560. The molecule has 0 saturated carbocycles. The molecule has 4 atom stereocenters. The second kappa shape index (κ2) is 9.23. The van der Waals surface area contributed by atoms with E-state index in [0.29, 0.717) is 49.1 Å². The first kappa shape index (κ1) is 22.2.